The highest BCUT2D eigenvalue weighted by Crippen LogP contribution is 2.23. The minimum absolute atomic E-state index is 0.160. The SMILES string of the molecule is Cc1noc2c1CC(=O)c1ccccc1CC2. The van der Waals surface area contributed by atoms with Crippen molar-refractivity contribution in [1.82, 2.24) is 5.16 Å². The molecule has 0 saturated carbocycles. The molecule has 86 valence electrons. The van der Waals surface area contributed by atoms with Crippen molar-refractivity contribution in [2.75, 3.05) is 0 Å². The summed E-state index contributed by atoms with van der Waals surface area (Å²) in [5.41, 5.74) is 3.77. The average Bonchev–Trinajstić information content (AvgIpc) is 2.66. The van der Waals surface area contributed by atoms with E-state index in [4.69, 9.17) is 4.52 Å². The number of hydrogen-bond donors (Lipinski definition) is 0. The van der Waals surface area contributed by atoms with Crippen molar-refractivity contribution in [3.05, 3.63) is 52.4 Å². The van der Waals surface area contributed by atoms with Crippen LogP contribution >= 0.6 is 0 Å². The molecule has 3 rings (SSSR count). The van der Waals surface area contributed by atoms with Gasteiger partial charge in [0.15, 0.2) is 5.78 Å². The van der Waals surface area contributed by atoms with E-state index in [9.17, 15) is 4.79 Å². The standard InChI is InChI=1S/C14H13NO2/c1-9-12-8-13(16)11-5-3-2-4-10(11)6-7-14(12)17-15-9/h2-5H,6-8H2,1H3. The molecule has 0 saturated heterocycles. The summed E-state index contributed by atoms with van der Waals surface area (Å²) < 4.78 is 5.28. The molecule has 0 amide bonds. The van der Waals surface area contributed by atoms with Crippen LogP contribution in [-0.4, -0.2) is 10.9 Å². The van der Waals surface area contributed by atoms with Gasteiger partial charge in [0.2, 0.25) is 0 Å². The zero-order valence-corrected chi connectivity index (χ0v) is 9.69. The zero-order chi connectivity index (χ0) is 11.8. The van der Waals surface area contributed by atoms with E-state index in [1.54, 1.807) is 0 Å². The van der Waals surface area contributed by atoms with Gasteiger partial charge < -0.3 is 4.52 Å². The van der Waals surface area contributed by atoms with E-state index in [2.05, 4.69) is 5.16 Å². The summed E-state index contributed by atoms with van der Waals surface area (Å²) in [6.07, 6.45) is 2.06. The summed E-state index contributed by atoms with van der Waals surface area (Å²) in [5.74, 6) is 1.03. The van der Waals surface area contributed by atoms with Gasteiger partial charge in [-0.1, -0.05) is 29.4 Å². The predicted octanol–water partition coefficient (Wildman–Crippen LogP) is 2.51. The Morgan fingerprint density at radius 3 is 2.94 bits per heavy atom. The summed E-state index contributed by atoms with van der Waals surface area (Å²) in [7, 11) is 0. The van der Waals surface area contributed by atoms with Gasteiger partial charge in [-0.25, -0.2) is 0 Å². The molecule has 17 heavy (non-hydrogen) atoms. The van der Waals surface area contributed by atoms with Gasteiger partial charge >= 0.3 is 0 Å². The Balaban J connectivity index is 2.08. The number of nitrogens with zero attached hydrogens (tertiary/aromatic N) is 1. The lowest BCUT2D eigenvalue weighted by Crippen LogP contribution is -2.12. The molecule has 0 aliphatic heterocycles. The van der Waals surface area contributed by atoms with Crippen molar-refractivity contribution in [1.29, 1.82) is 0 Å². The smallest absolute Gasteiger partial charge is 0.167 e. The number of rotatable bonds is 0. The molecular formula is C14H13NO2. The molecule has 1 aliphatic rings. The topological polar surface area (TPSA) is 43.1 Å². The van der Waals surface area contributed by atoms with Gasteiger partial charge in [0.25, 0.3) is 0 Å². The van der Waals surface area contributed by atoms with Gasteiger partial charge in [0.05, 0.1) is 5.69 Å². The molecule has 3 heteroatoms. The van der Waals surface area contributed by atoms with E-state index in [1.807, 2.05) is 31.2 Å². The van der Waals surface area contributed by atoms with E-state index in [0.29, 0.717) is 6.42 Å². The molecule has 0 atom stereocenters. The second-order valence-corrected chi connectivity index (χ2v) is 4.43. The first kappa shape index (κ1) is 10.3. The van der Waals surface area contributed by atoms with Gasteiger partial charge in [-0.2, -0.15) is 0 Å². The molecule has 2 aromatic rings. The molecule has 1 aliphatic carbocycles. The summed E-state index contributed by atoms with van der Waals surface area (Å²) in [4.78, 5) is 12.2. The lowest BCUT2D eigenvalue weighted by atomic mass is 9.91. The maximum atomic E-state index is 12.2. The summed E-state index contributed by atoms with van der Waals surface area (Å²) in [6, 6.07) is 7.81. The third-order valence-corrected chi connectivity index (χ3v) is 3.34. The van der Waals surface area contributed by atoms with Crippen LogP contribution in [0.25, 0.3) is 0 Å². The normalized spacial score (nSPS) is 14.8. The number of ketones is 1. The molecule has 0 unspecified atom stereocenters. The minimum atomic E-state index is 0.160. The highest BCUT2D eigenvalue weighted by molar-refractivity contribution is 5.99. The van der Waals surface area contributed by atoms with Crippen molar-refractivity contribution >= 4 is 5.78 Å². The lowest BCUT2D eigenvalue weighted by molar-refractivity contribution is 0.0990. The molecular weight excluding hydrogens is 214 g/mol. The number of benzene rings is 1. The highest BCUT2D eigenvalue weighted by Gasteiger charge is 2.22. The van der Waals surface area contributed by atoms with Crippen LogP contribution in [0.3, 0.4) is 0 Å². The number of hydrogen-bond acceptors (Lipinski definition) is 3. The number of aromatic nitrogens is 1. The minimum Gasteiger partial charge on any atom is -0.361 e. The van der Waals surface area contributed by atoms with Crippen molar-refractivity contribution in [3.8, 4) is 0 Å². The summed E-state index contributed by atoms with van der Waals surface area (Å²) in [6.45, 7) is 1.89. The van der Waals surface area contributed by atoms with Crippen LogP contribution in [0.5, 0.6) is 0 Å². The van der Waals surface area contributed by atoms with Crippen LogP contribution in [-0.2, 0) is 19.3 Å². The van der Waals surface area contributed by atoms with E-state index in [1.165, 1.54) is 0 Å². The maximum absolute atomic E-state index is 12.2. The van der Waals surface area contributed by atoms with Crippen LogP contribution in [0.2, 0.25) is 0 Å². The van der Waals surface area contributed by atoms with E-state index >= 15 is 0 Å². The third kappa shape index (κ3) is 1.68. The van der Waals surface area contributed by atoms with E-state index in [-0.39, 0.29) is 5.78 Å². The molecule has 0 spiro atoms. The monoisotopic (exact) mass is 227 g/mol. The molecule has 0 radical (unpaired) electrons. The molecule has 1 heterocycles. The number of aryl methyl sites for hydroxylation is 3. The summed E-state index contributed by atoms with van der Waals surface area (Å²) in [5, 5.41) is 3.95. The second-order valence-electron chi connectivity index (χ2n) is 4.43. The second kappa shape index (κ2) is 3.84. The largest absolute Gasteiger partial charge is 0.361 e. The van der Waals surface area contributed by atoms with Gasteiger partial charge in [-0.3, -0.25) is 4.79 Å². The van der Waals surface area contributed by atoms with Gasteiger partial charge in [0, 0.05) is 24.0 Å². The third-order valence-electron chi connectivity index (χ3n) is 3.34. The lowest BCUT2D eigenvalue weighted by Gasteiger charge is -2.11. The molecule has 0 N–H and O–H groups in total. The first-order valence-electron chi connectivity index (χ1n) is 5.81. The van der Waals surface area contributed by atoms with Crippen molar-refractivity contribution in [2.45, 2.75) is 26.2 Å². The van der Waals surface area contributed by atoms with Gasteiger partial charge in [0.1, 0.15) is 5.76 Å². The van der Waals surface area contributed by atoms with Crippen LogP contribution in [0.1, 0.15) is 32.9 Å². The quantitative estimate of drug-likeness (QED) is 0.694. The molecule has 0 fully saturated rings. The number of carbonyl (C=O) groups is 1. The van der Waals surface area contributed by atoms with Crippen LogP contribution < -0.4 is 0 Å². The maximum Gasteiger partial charge on any atom is 0.167 e. The Bertz CT molecular complexity index is 584. The van der Waals surface area contributed by atoms with Crippen LogP contribution in [0.4, 0.5) is 0 Å². The average molecular weight is 227 g/mol. The number of Topliss-reactive ketones (excluding diaryl/α,β-unsaturated/α-hetero) is 1. The number of carbonyl (C=O) groups excluding carboxylic acids is 1. The highest BCUT2D eigenvalue weighted by atomic mass is 16.5. The fourth-order valence-corrected chi connectivity index (χ4v) is 2.37. The van der Waals surface area contributed by atoms with Crippen molar-refractivity contribution in [2.24, 2.45) is 0 Å². The van der Waals surface area contributed by atoms with E-state index < -0.39 is 0 Å². The van der Waals surface area contributed by atoms with Gasteiger partial charge in [-0.15, -0.1) is 0 Å². The summed E-state index contributed by atoms with van der Waals surface area (Å²) >= 11 is 0. The fourth-order valence-electron chi connectivity index (χ4n) is 2.37. The Kier molecular flexibility index (Phi) is 2.32. The Morgan fingerprint density at radius 2 is 2.06 bits per heavy atom. The molecule has 1 aromatic carbocycles. The first-order chi connectivity index (χ1) is 8.25. The van der Waals surface area contributed by atoms with Crippen LogP contribution in [0, 0.1) is 6.92 Å². The van der Waals surface area contributed by atoms with E-state index in [0.717, 1.165) is 41.0 Å². The zero-order valence-electron chi connectivity index (χ0n) is 9.69. The van der Waals surface area contributed by atoms with Crippen molar-refractivity contribution < 1.29 is 9.32 Å². The molecule has 3 nitrogen and oxygen atoms in total. The van der Waals surface area contributed by atoms with Crippen LogP contribution in [0.15, 0.2) is 28.8 Å². The fraction of sp³-hybridized carbons (Fsp3) is 0.286. The Hall–Kier alpha value is -1.90. The predicted molar refractivity (Wildman–Crippen MR) is 63.1 cm³/mol. The van der Waals surface area contributed by atoms with Gasteiger partial charge in [-0.05, 0) is 18.9 Å². The first-order valence-corrected chi connectivity index (χ1v) is 5.81. The molecule has 0 bridgehead atoms. The van der Waals surface area contributed by atoms with Crippen molar-refractivity contribution in [3.63, 3.8) is 0 Å². The Labute approximate surface area is 99.4 Å². The Morgan fingerprint density at radius 1 is 1.24 bits per heavy atom. The molecule has 1 aromatic heterocycles. The number of fused-ring (bicyclic) bond motifs is 2.